The van der Waals surface area contributed by atoms with Crippen molar-refractivity contribution in [2.75, 3.05) is 5.32 Å². The summed E-state index contributed by atoms with van der Waals surface area (Å²) in [5.74, 6) is -0.707. The van der Waals surface area contributed by atoms with Crippen LogP contribution >= 0.6 is 15.9 Å². The summed E-state index contributed by atoms with van der Waals surface area (Å²) in [7, 11) is 1.62. The van der Waals surface area contributed by atoms with E-state index in [-0.39, 0.29) is 5.91 Å². The molecule has 0 aliphatic heterocycles. The minimum absolute atomic E-state index is 0.259. The molecule has 0 unspecified atom stereocenters. The largest absolute Gasteiger partial charge is 0.419 e. The number of fused-ring (bicyclic) bond motifs is 1. The van der Waals surface area contributed by atoms with Crippen molar-refractivity contribution in [2.45, 2.75) is 0 Å². The molecule has 3 rings (SSSR count). The van der Waals surface area contributed by atoms with Gasteiger partial charge < -0.3 is 9.73 Å². The lowest BCUT2D eigenvalue weighted by Crippen LogP contribution is -2.11. The SMILES string of the molecule is Cn1c(=O)oc2cc(C(=O)Nc3ccc(Br)cc3)ccc21. The summed E-state index contributed by atoms with van der Waals surface area (Å²) in [6.07, 6.45) is 0. The second-order valence-corrected chi connectivity index (χ2v) is 5.49. The lowest BCUT2D eigenvalue weighted by atomic mass is 10.2. The van der Waals surface area contributed by atoms with Crippen molar-refractivity contribution in [3.05, 3.63) is 63.1 Å². The molecule has 6 heteroatoms. The fraction of sp³-hybridized carbons (Fsp3) is 0.0667. The molecule has 0 bridgehead atoms. The molecular formula is C15H11BrN2O3. The molecule has 1 amide bonds. The molecule has 106 valence electrons. The first-order valence-electron chi connectivity index (χ1n) is 6.21. The van der Waals surface area contributed by atoms with E-state index in [0.717, 1.165) is 4.47 Å². The molecule has 0 atom stereocenters. The maximum atomic E-state index is 12.2. The van der Waals surface area contributed by atoms with E-state index in [1.807, 2.05) is 12.1 Å². The van der Waals surface area contributed by atoms with Crippen molar-refractivity contribution in [3.63, 3.8) is 0 Å². The first-order chi connectivity index (χ1) is 10.0. The lowest BCUT2D eigenvalue weighted by molar-refractivity contribution is 0.102. The standard InChI is InChI=1S/C15H11BrN2O3/c1-18-12-7-2-9(8-13(12)21-15(18)20)14(19)17-11-5-3-10(16)4-6-11/h2-8H,1H3,(H,17,19). The van der Waals surface area contributed by atoms with Gasteiger partial charge in [-0.3, -0.25) is 9.36 Å². The van der Waals surface area contributed by atoms with Gasteiger partial charge in [0.1, 0.15) is 0 Å². The number of amides is 1. The Balaban J connectivity index is 1.91. The molecule has 0 radical (unpaired) electrons. The van der Waals surface area contributed by atoms with Crippen LogP contribution in [0.3, 0.4) is 0 Å². The zero-order chi connectivity index (χ0) is 15.0. The van der Waals surface area contributed by atoms with E-state index in [1.54, 1.807) is 37.4 Å². The van der Waals surface area contributed by atoms with E-state index in [4.69, 9.17) is 4.42 Å². The molecule has 0 saturated heterocycles. The summed E-state index contributed by atoms with van der Waals surface area (Å²) in [6.45, 7) is 0. The molecule has 3 aromatic rings. The molecular weight excluding hydrogens is 336 g/mol. The Labute approximate surface area is 128 Å². The van der Waals surface area contributed by atoms with Crippen LogP contribution in [0.15, 0.2) is 56.1 Å². The van der Waals surface area contributed by atoms with E-state index in [0.29, 0.717) is 22.4 Å². The van der Waals surface area contributed by atoms with Crippen LogP contribution in [0.25, 0.3) is 11.1 Å². The van der Waals surface area contributed by atoms with Gasteiger partial charge in [0, 0.05) is 22.8 Å². The van der Waals surface area contributed by atoms with Crippen LogP contribution in [0.1, 0.15) is 10.4 Å². The van der Waals surface area contributed by atoms with Gasteiger partial charge in [-0.15, -0.1) is 0 Å². The van der Waals surface area contributed by atoms with Crippen LogP contribution in [-0.2, 0) is 7.05 Å². The highest BCUT2D eigenvalue weighted by Crippen LogP contribution is 2.17. The van der Waals surface area contributed by atoms with Crippen LogP contribution in [0, 0.1) is 0 Å². The van der Waals surface area contributed by atoms with Crippen LogP contribution in [-0.4, -0.2) is 10.5 Å². The zero-order valence-corrected chi connectivity index (χ0v) is 12.7. The maximum Gasteiger partial charge on any atom is 0.419 e. The fourth-order valence-corrected chi connectivity index (χ4v) is 2.28. The molecule has 1 N–H and O–H groups in total. The highest BCUT2D eigenvalue weighted by atomic mass is 79.9. The highest BCUT2D eigenvalue weighted by molar-refractivity contribution is 9.10. The molecule has 1 heterocycles. The zero-order valence-electron chi connectivity index (χ0n) is 11.1. The average Bonchev–Trinajstić information content (AvgIpc) is 2.76. The van der Waals surface area contributed by atoms with Crippen molar-refractivity contribution in [1.82, 2.24) is 4.57 Å². The Hall–Kier alpha value is -2.34. The number of nitrogens with one attached hydrogen (secondary N) is 1. The monoisotopic (exact) mass is 346 g/mol. The number of hydrogen-bond acceptors (Lipinski definition) is 3. The van der Waals surface area contributed by atoms with Gasteiger partial charge in [0.2, 0.25) is 0 Å². The summed E-state index contributed by atoms with van der Waals surface area (Å²) >= 11 is 3.34. The van der Waals surface area contributed by atoms with Crippen molar-refractivity contribution < 1.29 is 9.21 Å². The van der Waals surface area contributed by atoms with E-state index in [2.05, 4.69) is 21.2 Å². The number of oxazole rings is 1. The molecule has 1 aromatic heterocycles. The first-order valence-corrected chi connectivity index (χ1v) is 7.00. The van der Waals surface area contributed by atoms with E-state index >= 15 is 0 Å². The van der Waals surface area contributed by atoms with Crippen molar-refractivity contribution in [3.8, 4) is 0 Å². The fourth-order valence-electron chi connectivity index (χ4n) is 2.01. The summed E-state index contributed by atoms with van der Waals surface area (Å²) in [6, 6.07) is 12.2. The van der Waals surface area contributed by atoms with Gasteiger partial charge in [-0.05, 0) is 42.5 Å². The van der Waals surface area contributed by atoms with Crippen LogP contribution in [0.5, 0.6) is 0 Å². The number of aryl methyl sites for hydroxylation is 1. The quantitative estimate of drug-likeness (QED) is 0.775. The molecule has 0 saturated carbocycles. The number of rotatable bonds is 2. The van der Waals surface area contributed by atoms with E-state index in [9.17, 15) is 9.59 Å². The summed E-state index contributed by atoms with van der Waals surface area (Å²) in [5, 5.41) is 2.79. The molecule has 5 nitrogen and oxygen atoms in total. The van der Waals surface area contributed by atoms with Gasteiger partial charge in [-0.2, -0.15) is 0 Å². The van der Waals surface area contributed by atoms with Crippen molar-refractivity contribution in [2.24, 2.45) is 7.05 Å². The number of halogens is 1. The van der Waals surface area contributed by atoms with Gasteiger partial charge in [0.25, 0.3) is 5.91 Å². The molecule has 2 aromatic carbocycles. The van der Waals surface area contributed by atoms with Crippen molar-refractivity contribution >= 4 is 38.6 Å². The molecule has 0 aliphatic carbocycles. The van der Waals surface area contributed by atoms with Crippen LogP contribution in [0.2, 0.25) is 0 Å². The Morgan fingerprint density at radius 1 is 1.19 bits per heavy atom. The third kappa shape index (κ3) is 2.62. The maximum absolute atomic E-state index is 12.2. The number of benzene rings is 2. The number of aromatic nitrogens is 1. The predicted molar refractivity (Wildman–Crippen MR) is 83.6 cm³/mol. The van der Waals surface area contributed by atoms with Crippen LogP contribution in [0.4, 0.5) is 5.69 Å². The molecule has 0 spiro atoms. The third-order valence-corrected chi connectivity index (χ3v) is 3.69. The van der Waals surface area contributed by atoms with Gasteiger partial charge in [0.15, 0.2) is 5.58 Å². The number of nitrogens with zero attached hydrogens (tertiary/aromatic N) is 1. The highest BCUT2D eigenvalue weighted by Gasteiger charge is 2.11. The van der Waals surface area contributed by atoms with Gasteiger partial charge >= 0.3 is 5.76 Å². The number of hydrogen-bond donors (Lipinski definition) is 1. The van der Waals surface area contributed by atoms with Gasteiger partial charge in [-0.25, -0.2) is 4.79 Å². The Morgan fingerprint density at radius 3 is 2.62 bits per heavy atom. The lowest BCUT2D eigenvalue weighted by Gasteiger charge is -2.05. The van der Waals surface area contributed by atoms with E-state index in [1.165, 1.54) is 4.57 Å². The van der Waals surface area contributed by atoms with Crippen molar-refractivity contribution in [1.29, 1.82) is 0 Å². The predicted octanol–water partition coefficient (Wildman–Crippen LogP) is 3.15. The number of carbonyl (C=O) groups excluding carboxylic acids is 1. The minimum atomic E-state index is -0.449. The van der Waals surface area contributed by atoms with Crippen LogP contribution < -0.4 is 11.1 Å². The molecule has 21 heavy (non-hydrogen) atoms. The second-order valence-electron chi connectivity index (χ2n) is 4.57. The normalized spacial score (nSPS) is 10.8. The average molecular weight is 347 g/mol. The second kappa shape index (κ2) is 5.21. The van der Waals surface area contributed by atoms with Gasteiger partial charge in [-0.1, -0.05) is 15.9 Å². The van der Waals surface area contributed by atoms with Gasteiger partial charge in [0.05, 0.1) is 5.52 Å². The Morgan fingerprint density at radius 2 is 1.90 bits per heavy atom. The topological polar surface area (TPSA) is 64.2 Å². The Kier molecular flexibility index (Phi) is 3.39. The number of anilines is 1. The first kappa shape index (κ1) is 13.6. The molecule has 0 aliphatic rings. The Bertz CT molecular complexity index is 878. The summed E-state index contributed by atoms with van der Waals surface area (Å²) < 4.78 is 7.41. The number of carbonyl (C=O) groups is 1. The third-order valence-electron chi connectivity index (χ3n) is 3.16. The molecule has 0 fully saturated rings. The summed E-state index contributed by atoms with van der Waals surface area (Å²) in [5.41, 5.74) is 2.17. The minimum Gasteiger partial charge on any atom is -0.408 e. The summed E-state index contributed by atoms with van der Waals surface area (Å²) in [4.78, 5) is 23.6. The van der Waals surface area contributed by atoms with E-state index < -0.39 is 5.76 Å². The smallest absolute Gasteiger partial charge is 0.408 e.